The van der Waals surface area contributed by atoms with E-state index in [4.69, 9.17) is 0 Å². The number of fused-ring (bicyclic) bond motifs is 3. The summed E-state index contributed by atoms with van der Waals surface area (Å²) in [5.41, 5.74) is 8.23. The Morgan fingerprint density at radius 3 is 2.24 bits per heavy atom. The Labute approximate surface area is 186 Å². The van der Waals surface area contributed by atoms with Crippen molar-refractivity contribution < 1.29 is 51.0 Å². The van der Waals surface area contributed by atoms with Gasteiger partial charge in [0.1, 0.15) is 0 Å². The van der Waals surface area contributed by atoms with E-state index in [1.54, 1.807) is 0 Å². The van der Waals surface area contributed by atoms with Crippen LogP contribution in [0.3, 0.4) is 0 Å². The van der Waals surface area contributed by atoms with E-state index in [0.29, 0.717) is 5.92 Å². The van der Waals surface area contributed by atoms with Crippen molar-refractivity contribution in [2.24, 2.45) is 0 Å². The molecule has 0 saturated carbocycles. The van der Waals surface area contributed by atoms with Gasteiger partial charge in [-0.05, 0) is 12.3 Å². The molecule has 25 heavy (non-hydrogen) atoms. The fourth-order valence-electron chi connectivity index (χ4n) is 3.19. The molecule has 2 radical (unpaired) electrons. The summed E-state index contributed by atoms with van der Waals surface area (Å²) in [7, 11) is 0.750. The van der Waals surface area contributed by atoms with E-state index in [9.17, 15) is 0 Å². The molecule has 0 aliphatic heterocycles. The van der Waals surface area contributed by atoms with Crippen LogP contribution in [0.1, 0.15) is 28.2 Å². The normalized spacial score (nSPS) is 12.8. The first-order valence-electron chi connectivity index (χ1n) is 7.97. The zero-order valence-corrected chi connectivity index (χ0v) is 19.9. The first-order chi connectivity index (χ1) is 10.7. The molecule has 0 heterocycles. The molecule has 0 atom stereocenters. The predicted octanol–water partition coefficient (Wildman–Crippen LogP) is -0.899. The largest absolute Gasteiger partial charge is 3.00 e. The van der Waals surface area contributed by atoms with Crippen molar-refractivity contribution in [3.63, 3.8) is 0 Å². The third-order valence-corrected chi connectivity index (χ3v) is 4.15. The van der Waals surface area contributed by atoms with E-state index >= 15 is 0 Å². The monoisotopic (exact) mass is 462 g/mol. The van der Waals surface area contributed by atoms with Crippen molar-refractivity contribution >= 4 is 9.52 Å². The molecule has 4 rings (SSSR count). The number of hydrogen-bond acceptors (Lipinski definition) is 0. The van der Waals surface area contributed by atoms with Crippen molar-refractivity contribution in [2.45, 2.75) is 32.4 Å². The van der Waals surface area contributed by atoms with Crippen molar-refractivity contribution in [2.75, 3.05) is 0 Å². The van der Waals surface area contributed by atoms with Gasteiger partial charge in [0.25, 0.3) is 0 Å². The molecule has 0 unspecified atom stereocenters. The van der Waals surface area contributed by atoms with E-state index in [0.717, 1.165) is 15.9 Å². The summed E-state index contributed by atoms with van der Waals surface area (Å²) >= 11 is 0. The van der Waals surface area contributed by atoms with E-state index in [1.165, 1.54) is 33.4 Å². The SMILES string of the molecule is C[SiH]C.Cc1cc2c([c-]c1C1C=CC=C1)Cc1ccccc1-2.[Cl-].[Cl-].[Zr+3]. The molecular formula is C21H22Cl2SiZr. The Morgan fingerprint density at radius 1 is 1.00 bits per heavy atom. The second kappa shape index (κ2) is 11.3. The van der Waals surface area contributed by atoms with E-state index < -0.39 is 0 Å². The van der Waals surface area contributed by atoms with Gasteiger partial charge >= 0.3 is 26.2 Å². The molecule has 0 fully saturated rings. The zero-order chi connectivity index (χ0) is 15.5. The van der Waals surface area contributed by atoms with Crippen molar-refractivity contribution in [1.82, 2.24) is 0 Å². The van der Waals surface area contributed by atoms with Crippen LogP contribution in [0.4, 0.5) is 0 Å². The second-order valence-corrected chi connectivity index (χ2v) is 7.12. The third-order valence-electron chi connectivity index (χ3n) is 4.15. The molecule has 2 aliphatic carbocycles. The summed E-state index contributed by atoms with van der Waals surface area (Å²) in [5.74, 6) is 0.411. The number of rotatable bonds is 1. The van der Waals surface area contributed by atoms with Gasteiger partial charge in [0, 0.05) is 9.52 Å². The first-order valence-corrected chi connectivity index (χ1v) is 10.3. The molecule has 2 aromatic carbocycles. The van der Waals surface area contributed by atoms with Crippen LogP contribution >= 0.6 is 0 Å². The summed E-state index contributed by atoms with van der Waals surface area (Å²) in [4.78, 5) is 0. The summed E-state index contributed by atoms with van der Waals surface area (Å²) in [5, 5.41) is 0. The molecule has 128 valence electrons. The van der Waals surface area contributed by atoms with Crippen LogP contribution in [0.15, 0.2) is 54.6 Å². The number of hydrogen-bond donors (Lipinski definition) is 0. The van der Waals surface area contributed by atoms with Crippen molar-refractivity contribution in [3.8, 4) is 11.1 Å². The van der Waals surface area contributed by atoms with Gasteiger partial charge in [-0.2, -0.15) is 17.7 Å². The topological polar surface area (TPSA) is 0 Å². The minimum Gasteiger partial charge on any atom is -1.00 e. The van der Waals surface area contributed by atoms with E-state index in [-0.39, 0.29) is 51.0 Å². The number of benzene rings is 2. The molecule has 0 amide bonds. The second-order valence-electron chi connectivity index (χ2n) is 5.97. The maximum Gasteiger partial charge on any atom is 3.00 e. The summed E-state index contributed by atoms with van der Waals surface area (Å²) in [6.45, 7) is 6.62. The maximum absolute atomic E-state index is 3.68. The minimum absolute atomic E-state index is 0. The summed E-state index contributed by atoms with van der Waals surface area (Å²) < 4.78 is 0. The fraction of sp³-hybridized carbons (Fsp3) is 0.238. The van der Waals surface area contributed by atoms with Gasteiger partial charge in [0.2, 0.25) is 0 Å². The molecule has 2 aliphatic rings. The number of allylic oxidation sites excluding steroid dienone is 4. The Balaban J connectivity index is 0.000000902. The molecular weight excluding hydrogens is 442 g/mol. The first kappa shape index (κ1) is 24.6. The van der Waals surface area contributed by atoms with Crippen LogP contribution in [0, 0.1) is 13.0 Å². The Bertz CT molecular complexity index is 742. The van der Waals surface area contributed by atoms with Crippen LogP contribution in [0.25, 0.3) is 11.1 Å². The van der Waals surface area contributed by atoms with Crippen LogP contribution < -0.4 is 24.8 Å². The molecule has 0 spiro atoms. The summed E-state index contributed by atoms with van der Waals surface area (Å²) in [6, 6.07) is 14.7. The third kappa shape index (κ3) is 5.30. The van der Waals surface area contributed by atoms with Gasteiger partial charge in [-0.25, -0.2) is 0 Å². The van der Waals surface area contributed by atoms with E-state index in [2.05, 4.69) is 80.7 Å². The number of aryl methyl sites for hydroxylation is 1. The average Bonchev–Trinajstić information content (AvgIpc) is 3.14. The van der Waals surface area contributed by atoms with Crippen LogP contribution in [0.2, 0.25) is 13.1 Å². The molecule has 2 aromatic rings. The fourth-order valence-corrected chi connectivity index (χ4v) is 3.19. The molecule has 0 nitrogen and oxygen atoms in total. The van der Waals surface area contributed by atoms with Gasteiger partial charge in [-0.3, -0.25) is 0 Å². The zero-order valence-electron chi connectivity index (χ0n) is 14.8. The van der Waals surface area contributed by atoms with E-state index in [1.807, 2.05) is 0 Å². The predicted molar refractivity (Wildman–Crippen MR) is 98.2 cm³/mol. The van der Waals surface area contributed by atoms with Gasteiger partial charge in [-0.1, -0.05) is 79.7 Å². The molecule has 0 aromatic heterocycles. The maximum atomic E-state index is 3.68. The Hall–Kier alpha value is -0.400. The average molecular weight is 465 g/mol. The van der Waals surface area contributed by atoms with Crippen LogP contribution in [-0.2, 0) is 32.6 Å². The van der Waals surface area contributed by atoms with Gasteiger partial charge in [0.15, 0.2) is 0 Å². The standard InChI is InChI=1S/C19H15.C2H7Si.2ClH.Zr/c1-13-10-19-16(11-15-8-4-5-9-17(15)19)12-18(13)14-6-2-3-7-14;1-3-2;;;/h2-10,14H,11H2,1H3;3H,1-2H3;2*1H;/q-1;;;;+3/p-2. The minimum atomic E-state index is 0. The molecule has 0 saturated heterocycles. The number of halogens is 2. The molecule has 0 N–H and O–H groups in total. The summed E-state index contributed by atoms with van der Waals surface area (Å²) in [6.07, 6.45) is 9.76. The quantitative estimate of drug-likeness (QED) is 0.324. The van der Waals surface area contributed by atoms with Gasteiger partial charge in [0.05, 0.1) is 0 Å². The van der Waals surface area contributed by atoms with Gasteiger partial charge in [-0.15, -0.1) is 16.7 Å². The molecule has 0 bridgehead atoms. The molecule has 4 heteroatoms. The smallest absolute Gasteiger partial charge is 1.00 e. The van der Waals surface area contributed by atoms with Gasteiger partial charge < -0.3 is 24.8 Å². The Morgan fingerprint density at radius 2 is 1.60 bits per heavy atom. The van der Waals surface area contributed by atoms with Crippen molar-refractivity contribution in [3.05, 3.63) is 83.0 Å². The van der Waals surface area contributed by atoms with Crippen LogP contribution in [0.5, 0.6) is 0 Å². The van der Waals surface area contributed by atoms with Crippen molar-refractivity contribution in [1.29, 1.82) is 0 Å². The van der Waals surface area contributed by atoms with Crippen LogP contribution in [-0.4, -0.2) is 9.52 Å². The Kier molecular flexibility index (Phi) is 11.2.